The van der Waals surface area contributed by atoms with Crippen LogP contribution in [0.5, 0.6) is 0 Å². The molecule has 0 spiro atoms. The Bertz CT molecular complexity index is 323. The zero-order chi connectivity index (χ0) is 11.7. The van der Waals surface area contributed by atoms with E-state index in [4.69, 9.17) is 26.9 Å². The van der Waals surface area contributed by atoms with Crippen molar-refractivity contribution in [3.05, 3.63) is 40.4 Å². The zero-order valence-corrected chi connectivity index (χ0v) is 7.70. The van der Waals surface area contributed by atoms with Crippen molar-refractivity contribution in [3.8, 4) is 0 Å². The van der Waals surface area contributed by atoms with E-state index in [-0.39, 0.29) is 5.96 Å². The lowest BCUT2D eigenvalue weighted by molar-refractivity contribution is -0.742. The van der Waals surface area contributed by atoms with Crippen LogP contribution in [0.4, 0.5) is 5.69 Å². The first-order valence-electron chi connectivity index (χ1n) is 3.75. The molecule has 0 amide bonds. The van der Waals surface area contributed by atoms with Crippen LogP contribution in [-0.4, -0.2) is 16.3 Å². The molecule has 0 aliphatic heterocycles. The molecule has 8 heteroatoms. The van der Waals surface area contributed by atoms with E-state index in [1.54, 1.807) is 0 Å². The first-order valence-corrected chi connectivity index (χ1v) is 3.75. The van der Waals surface area contributed by atoms with Crippen molar-refractivity contribution >= 4 is 11.6 Å². The normalized spacial score (nSPS) is 9.80. The number of hydrogen-bond acceptors (Lipinski definition) is 4. The molecule has 0 radical (unpaired) electrons. The lowest BCUT2D eigenvalue weighted by Crippen LogP contribution is -2.36. The van der Waals surface area contributed by atoms with E-state index in [0.717, 1.165) is 5.69 Å². The van der Waals surface area contributed by atoms with Crippen molar-refractivity contribution < 1.29 is 10.3 Å². The van der Waals surface area contributed by atoms with Gasteiger partial charge in [0.15, 0.2) is 0 Å². The van der Waals surface area contributed by atoms with Crippen LogP contribution < -0.4 is 17.0 Å². The van der Waals surface area contributed by atoms with Gasteiger partial charge in [0.05, 0.1) is 5.69 Å². The highest BCUT2D eigenvalue weighted by molar-refractivity contribution is 5.80. The Morgan fingerprint density at radius 1 is 1.47 bits per heavy atom. The van der Waals surface area contributed by atoms with Gasteiger partial charge in [-0.25, -0.2) is 10.8 Å². The molecule has 0 fully saturated rings. The van der Waals surface area contributed by atoms with Crippen molar-refractivity contribution in [2.75, 3.05) is 0 Å². The zero-order valence-electron chi connectivity index (χ0n) is 7.70. The molecular weight excluding hydrogens is 202 g/mol. The lowest BCUT2D eigenvalue weighted by Gasteiger charge is -1.96. The molecule has 0 heterocycles. The van der Waals surface area contributed by atoms with Crippen LogP contribution in [0.3, 0.4) is 0 Å². The number of hydrogen-bond donors (Lipinski definition) is 4. The van der Waals surface area contributed by atoms with Gasteiger partial charge >= 0.3 is 0 Å². The van der Waals surface area contributed by atoms with Crippen LogP contribution in [0.2, 0.25) is 0 Å². The summed E-state index contributed by atoms with van der Waals surface area (Å²) in [7, 11) is 0. The van der Waals surface area contributed by atoms with Gasteiger partial charge in [-0.2, -0.15) is 0 Å². The molecule has 6 N–H and O–H groups in total. The Balaban J connectivity index is 0.000000423. The predicted octanol–water partition coefficient (Wildman–Crippen LogP) is -0.252. The minimum atomic E-state index is -1.50. The van der Waals surface area contributed by atoms with Gasteiger partial charge in [0, 0.05) is 0 Å². The van der Waals surface area contributed by atoms with Crippen LogP contribution in [-0.2, 0) is 0 Å². The summed E-state index contributed by atoms with van der Waals surface area (Å²) in [5.41, 5.74) is 8.34. The maximum absolute atomic E-state index is 8.36. The molecule has 1 rings (SSSR count). The summed E-state index contributed by atoms with van der Waals surface area (Å²) in [5, 5.41) is 13.6. The van der Waals surface area contributed by atoms with Crippen molar-refractivity contribution in [1.29, 1.82) is 0 Å². The third-order valence-electron chi connectivity index (χ3n) is 1.15. The molecule has 0 atom stereocenters. The fourth-order valence-corrected chi connectivity index (χ4v) is 0.674. The average molecular weight is 213 g/mol. The largest absolute Gasteiger partial charge is 0.369 e. The molecular formula is C7H11N5O3. The number of rotatable bonds is 1. The monoisotopic (exact) mass is 213 g/mol. The van der Waals surface area contributed by atoms with Crippen LogP contribution in [0.25, 0.3) is 0 Å². The minimum Gasteiger partial charge on any atom is -0.369 e. The molecule has 0 aromatic heterocycles. The van der Waals surface area contributed by atoms with Gasteiger partial charge in [-0.05, 0) is 12.1 Å². The summed E-state index contributed by atoms with van der Waals surface area (Å²) in [6.45, 7) is 0. The lowest BCUT2D eigenvalue weighted by atomic mass is 10.3. The Labute approximate surface area is 85.3 Å². The smallest absolute Gasteiger partial charge is 0.291 e. The van der Waals surface area contributed by atoms with Gasteiger partial charge in [0.1, 0.15) is 0 Å². The molecule has 1 aromatic rings. The number of guanidine groups is 1. The number of hydrazine groups is 1. The van der Waals surface area contributed by atoms with E-state index in [1.807, 2.05) is 30.3 Å². The van der Waals surface area contributed by atoms with Crippen molar-refractivity contribution in [2.45, 2.75) is 0 Å². The third-order valence-corrected chi connectivity index (χ3v) is 1.15. The summed E-state index contributed by atoms with van der Waals surface area (Å²) in [6.07, 6.45) is 0. The highest BCUT2D eigenvalue weighted by Crippen LogP contribution is 2.08. The van der Waals surface area contributed by atoms with Gasteiger partial charge in [-0.15, -0.1) is 10.1 Å². The van der Waals surface area contributed by atoms with Gasteiger partial charge < -0.3 is 10.9 Å². The quantitative estimate of drug-likeness (QED) is 0.167. The second-order valence-corrected chi connectivity index (χ2v) is 2.21. The fraction of sp³-hybridized carbons (Fsp3) is 0. The Hall–Kier alpha value is -2.35. The third kappa shape index (κ3) is 7.99. The van der Waals surface area contributed by atoms with E-state index in [1.165, 1.54) is 0 Å². The first kappa shape index (κ1) is 12.7. The van der Waals surface area contributed by atoms with Gasteiger partial charge in [-0.3, -0.25) is 5.43 Å². The predicted molar refractivity (Wildman–Crippen MR) is 53.8 cm³/mol. The molecule has 0 saturated carbocycles. The molecule has 0 unspecified atom stereocenters. The number of nitrogens with zero attached hydrogens (tertiary/aromatic N) is 2. The minimum absolute atomic E-state index is 0.205. The molecule has 0 aliphatic carbocycles. The Morgan fingerprint density at radius 2 is 1.93 bits per heavy atom. The second-order valence-electron chi connectivity index (χ2n) is 2.21. The van der Waals surface area contributed by atoms with Gasteiger partial charge in [-0.1, -0.05) is 18.2 Å². The van der Waals surface area contributed by atoms with E-state index in [2.05, 4.69) is 10.4 Å². The summed E-state index contributed by atoms with van der Waals surface area (Å²) in [6, 6.07) is 9.34. The summed E-state index contributed by atoms with van der Waals surface area (Å²) in [5.74, 6) is 5.22. The maximum Gasteiger partial charge on any atom is 0.291 e. The molecule has 1 aromatic carbocycles. The van der Waals surface area contributed by atoms with Gasteiger partial charge in [0.25, 0.3) is 5.09 Å². The topological polar surface area (TPSA) is 140 Å². The van der Waals surface area contributed by atoms with Crippen molar-refractivity contribution in [1.82, 2.24) is 5.43 Å². The summed E-state index contributed by atoms with van der Waals surface area (Å²) >= 11 is 0. The molecule has 82 valence electrons. The first-order chi connectivity index (χ1) is 7.06. The van der Waals surface area contributed by atoms with E-state index >= 15 is 0 Å². The molecule has 15 heavy (non-hydrogen) atoms. The number of aliphatic imine (C=N–C) groups is 1. The summed E-state index contributed by atoms with van der Waals surface area (Å²) < 4.78 is 0. The fourth-order valence-electron chi connectivity index (χ4n) is 0.674. The number of nitrogens with two attached hydrogens (primary N) is 2. The van der Waals surface area contributed by atoms with Gasteiger partial charge in [0.2, 0.25) is 5.96 Å². The van der Waals surface area contributed by atoms with Crippen LogP contribution in [0.1, 0.15) is 0 Å². The SMILES string of the molecule is NNC(N)=Nc1ccccc1.O=[N+]([O-])O. The molecule has 8 nitrogen and oxygen atoms in total. The Kier molecular flexibility index (Phi) is 5.98. The van der Waals surface area contributed by atoms with Crippen molar-refractivity contribution in [3.63, 3.8) is 0 Å². The highest BCUT2D eigenvalue weighted by atomic mass is 16.9. The van der Waals surface area contributed by atoms with E-state index in [9.17, 15) is 0 Å². The second kappa shape index (κ2) is 7.09. The van der Waals surface area contributed by atoms with Crippen molar-refractivity contribution in [2.24, 2.45) is 16.6 Å². The van der Waals surface area contributed by atoms with Crippen LogP contribution in [0.15, 0.2) is 35.3 Å². The van der Waals surface area contributed by atoms with E-state index in [0.29, 0.717) is 0 Å². The average Bonchev–Trinajstić information content (AvgIpc) is 2.18. The van der Waals surface area contributed by atoms with Crippen LogP contribution in [0, 0.1) is 10.1 Å². The Morgan fingerprint density at radius 3 is 2.33 bits per heavy atom. The van der Waals surface area contributed by atoms with Crippen LogP contribution >= 0.6 is 0 Å². The molecule has 0 saturated heterocycles. The number of nitrogens with one attached hydrogen (secondary N) is 1. The summed E-state index contributed by atoms with van der Waals surface area (Å²) in [4.78, 5) is 12.3. The standard InChI is InChI=1S/C7H10N4.HNO3/c8-7(11-9)10-6-4-2-1-3-5-6;2-1(3)4/h1-5H,9H2,(H3,8,10,11);(H,2,3,4). The number of benzene rings is 1. The maximum atomic E-state index is 8.36. The number of para-hydroxylation sites is 1. The molecule has 0 bridgehead atoms. The molecule has 0 aliphatic rings. The highest BCUT2D eigenvalue weighted by Gasteiger charge is 1.86. The van der Waals surface area contributed by atoms with E-state index < -0.39 is 5.09 Å².